The Bertz CT molecular complexity index is 188. The van der Waals surface area contributed by atoms with Crippen molar-refractivity contribution in [2.24, 2.45) is 0 Å². The van der Waals surface area contributed by atoms with Gasteiger partial charge in [0.05, 0.1) is 0 Å². The maximum Gasteiger partial charge on any atom is 0.0308 e. The first-order valence-electron chi connectivity index (χ1n) is 1.82. The van der Waals surface area contributed by atoms with Crippen molar-refractivity contribution in [1.82, 2.24) is 0 Å². The number of rotatable bonds is 0. The molecule has 0 saturated carbocycles. The van der Waals surface area contributed by atoms with Crippen molar-refractivity contribution in [2.45, 2.75) is 6.92 Å². The zero-order chi connectivity index (χ0) is 5.91. The van der Waals surface area contributed by atoms with Gasteiger partial charge in [-0.25, -0.2) is 0 Å². The van der Waals surface area contributed by atoms with E-state index in [0.29, 0.717) is 0 Å². The first-order valence-corrected chi connectivity index (χ1v) is 3.95. The van der Waals surface area contributed by atoms with Crippen molar-refractivity contribution in [1.29, 1.82) is 0 Å². The molecule has 1 atom stereocenters. The number of hydrogen-bond acceptors (Lipinski definition) is 1. The maximum absolute atomic E-state index is 10.5. The summed E-state index contributed by atoms with van der Waals surface area (Å²) in [7, 11) is -2.04. The molecular weight excluding hydrogens is 108 g/mol. The summed E-state index contributed by atoms with van der Waals surface area (Å²) < 4.78 is 10.5. The average Bonchev–Trinajstić information content (AvgIpc) is 1.30. The largest absolute Gasteiger partial charge is 0.256 e. The molecule has 2 heteroatoms. The Morgan fingerprint density at radius 1 is 1.71 bits per heavy atom. The summed E-state index contributed by atoms with van der Waals surface area (Å²) in [6, 6.07) is 0. The third-order valence-corrected chi connectivity index (χ3v) is 0.954. The van der Waals surface area contributed by atoms with Crippen LogP contribution in [0.5, 0.6) is 0 Å². The average molecular weight is 116 g/mol. The van der Waals surface area contributed by atoms with Gasteiger partial charge in [0.25, 0.3) is 0 Å². The maximum atomic E-state index is 10.5. The molecule has 0 aromatic rings. The van der Waals surface area contributed by atoms with Crippen LogP contribution in [0.2, 0.25) is 0 Å². The van der Waals surface area contributed by atoms with Crippen molar-refractivity contribution in [3.8, 4) is 11.2 Å². The second kappa shape index (κ2) is 2.04. The van der Waals surface area contributed by atoms with Crippen LogP contribution in [-0.4, -0.2) is 16.3 Å². The van der Waals surface area contributed by atoms with E-state index in [2.05, 4.69) is 17.0 Å². The van der Waals surface area contributed by atoms with E-state index in [1.54, 1.807) is 6.92 Å². The van der Waals surface area contributed by atoms with Gasteiger partial charge in [0.15, 0.2) is 0 Å². The van der Waals surface area contributed by atoms with E-state index in [1.807, 2.05) is 0 Å². The van der Waals surface area contributed by atoms with Crippen molar-refractivity contribution in [3.05, 3.63) is 0 Å². The normalized spacial score (nSPS) is 16.3. The molecule has 0 saturated heterocycles. The van der Waals surface area contributed by atoms with Crippen LogP contribution in [0, 0.1) is 11.2 Å². The third-order valence-electron chi connectivity index (χ3n) is 0.318. The van der Waals surface area contributed by atoms with Crippen LogP contribution < -0.4 is 0 Å². The minimum atomic E-state index is -2.04. The van der Waals surface area contributed by atoms with E-state index < -0.39 is 9.52 Å². The number of hydrogen-bond donors (Lipinski definition) is 0. The molecule has 0 amide bonds. The van der Waals surface area contributed by atoms with E-state index in [1.165, 1.54) is 6.26 Å². The van der Waals surface area contributed by atoms with Gasteiger partial charge in [0, 0.05) is 15.8 Å². The molecule has 0 fully saturated rings. The monoisotopic (exact) mass is 116 g/mol. The Hall–Kier alpha value is -0.420. The van der Waals surface area contributed by atoms with Crippen LogP contribution >= 0.6 is 0 Å². The smallest absolute Gasteiger partial charge is 0.0308 e. The van der Waals surface area contributed by atoms with Crippen molar-refractivity contribution in [3.63, 3.8) is 0 Å². The molecule has 7 heavy (non-hydrogen) atoms. The van der Waals surface area contributed by atoms with Gasteiger partial charge in [-0.15, -0.1) is 0 Å². The van der Waals surface area contributed by atoms with E-state index in [4.69, 9.17) is 0 Å². The van der Waals surface area contributed by atoms with Crippen LogP contribution in [0.3, 0.4) is 0 Å². The van der Waals surface area contributed by atoms with Gasteiger partial charge in [0.1, 0.15) is 0 Å². The molecule has 0 bridgehead atoms. The van der Waals surface area contributed by atoms with Gasteiger partial charge in [-0.1, -0.05) is 5.92 Å². The molecule has 0 radical (unpaired) electrons. The summed E-state index contributed by atoms with van der Waals surface area (Å²) in [6.07, 6.45) is 1.52. The molecule has 1 nitrogen and oxygen atoms in total. The molecule has 0 aliphatic heterocycles. The molecule has 0 aliphatic carbocycles. The van der Waals surface area contributed by atoms with Crippen molar-refractivity contribution >= 4 is 15.4 Å². The summed E-state index contributed by atoms with van der Waals surface area (Å²) in [4.78, 5) is 0. The zero-order valence-electron chi connectivity index (χ0n) is 4.52. The van der Waals surface area contributed by atoms with E-state index in [-0.39, 0.29) is 0 Å². The second-order valence-electron chi connectivity index (χ2n) is 1.36. The molecule has 0 N–H and O–H groups in total. The van der Waals surface area contributed by atoms with Crippen molar-refractivity contribution < 1.29 is 4.21 Å². The summed E-state index contributed by atoms with van der Waals surface area (Å²) in [5.41, 5.74) is 0. The molecule has 0 rings (SSSR count). The third kappa shape index (κ3) is 5.58. The molecule has 0 heterocycles. The highest BCUT2D eigenvalue weighted by molar-refractivity contribution is 8.04. The summed E-state index contributed by atoms with van der Waals surface area (Å²) in [5.74, 6) is 5.83. The Balaban J connectivity index is 4.34. The molecule has 0 spiro atoms. The molecular formula is C5H8OS. The first kappa shape index (κ1) is 6.58. The van der Waals surface area contributed by atoms with E-state index in [9.17, 15) is 4.21 Å². The molecule has 0 aromatic heterocycles. The Labute approximate surface area is 44.7 Å². The Kier molecular flexibility index (Phi) is 1.91. The standard InChI is InChI=1S/C5H8OS/c1-4-5-7(2,3)6/h2H2,1,3H3. The summed E-state index contributed by atoms with van der Waals surface area (Å²) in [5, 5.41) is 2.45. The van der Waals surface area contributed by atoms with Gasteiger partial charge in [0.2, 0.25) is 0 Å². The topological polar surface area (TPSA) is 17.1 Å². The lowest BCUT2D eigenvalue weighted by atomic mass is 10.9. The summed E-state index contributed by atoms with van der Waals surface area (Å²) >= 11 is 0. The highest BCUT2D eigenvalue weighted by atomic mass is 32.2. The SMILES string of the molecule is C=S(C)(=O)C#CC. The predicted octanol–water partition coefficient (Wildman–Crippen LogP) is 0.313. The van der Waals surface area contributed by atoms with Gasteiger partial charge in [-0.3, -0.25) is 4.21 Å². The fourth-order valence-electron chi connectivity index (χ4n) is 0.216. The summed E-state index contributed by atoms with van der Waals surface area (Å²) in [6.45, 7) is 1.65. The van der Waals surface area contributed by atoms with E-state index in [0.717, 1.165) is 0 Å². The minimum absolute atomic E-state index is 1.52. The highest BCUT2D eigenvalue weighted by Gasteiger charge is 1.78. The fourth-order valence-corrected chi connectivity index (χ4v) is 0.648. The van der Waals surface area contributed by atoms with Crippen LogP contribution in [0.25, 0.3) is 0 Å². The lowest BCUT2D eigenvalue weighted by molar-refractivity contribution is 0.691. The zero-order valence-corrected chi connectivity index (χ0v) is 5.34. The highest BCUT2D eigenvalue weighted by Crippen LogP contribution is 1.72. The molecule has 40 valence electrons. The lowest BCUT2D eigenvalue weighted by Crippen LogP contribution is -1.86. The predicted molar refractivity (Wildman–Crippen MR) is 34.6 cm³/mol. The molecule has 0 aromatic carbocycles. The van der Waals surface area contributed by atoms with Crippen LogP contribution in [0.4, 0.5) is 0 Å². The van der Waals surface area contributed by atoms with Gasteiger partial charge >= 0.3 is 0 Å². The quantitative estimate of drug-likeness (QED) is 0.329. The first-order chi connectivity index (χ1) is 3.06. The lowest BCUT2D eigenvalue weighted by Gasteiger charge is -1.80. The van der Waals surface area contributed by atoms with Crippen LogP contribution in [0.1, 0.15) is 6.92 Å². The van der Waals surface area contributed by atoms with Gasteiger partial charge < -0.3 is 0 Å². The van der Waals surface area contributed by atoms with Gasteiger partial charge in [-0.2, -0.15) is 0 Å². The van der Waals surface area contributed by atoms with Gasteiger partial charge in [-0.05, 0) is 18.0 Å². The minimum Gasteiger partial charge on any atom is -0.256 e. The van der Waals surface area contributed by atoms with Crippen molar-refractivity contribution in [2.75, 3.05) is 6.26 Å². The van der Waals surface area contributed by atoms with Crippen LogP contribution in [0.15, 0.2) is 0 Å². The Morgan fingerprint density at radius 3 is 2.14 bits per heavy atom. The second-order valence-corrected chi connectivity index (χ2v) is 3.57. The molecule has 1 unspecified atom stereocenters. The van der Waals surface area contributed by atoms with E-state index >= 15 is 0 Å². The van der Waals surface area contributed by atoms with Crippen LogP contribution in [-0.2, 0) is 9.52 Å². The molecule has 0 aliphatic rings. The fraction of sp³-hybridized carbons (Fsp3) is 0.400. The Morgan fingerprint density at radius 2 is 2.14 bits per heavy atom.